The zero-order chi connectivity index (χ0) is 14.3. The van der Waals surface area contributed by atoms with E-state index < -0.39 is 0 Å². The fourth-order valence-corrected chi connectivity index (χ4v) is 2.15. The quantitative estimate of drug-likeness (QED) is 0.759. The number of methoxy groups -OCH3 is 1. The van der Waals surface area contributed by atoms with Gasteiger partial charge in [-0.05, 0) is 43.4 Å². The lowest BCUT2D eigenvalue weighted by Gasteiger charge is -2.18. The van der Waals surface area contributed by atoms with Crippen molar-refractivity contribution in [2.45, 2.75) is 45.8 Å². The number of hydrogen-bond donors (Lipinski definition) is 2. The predicted molar refractivity (Wildman–Crippen MR) is 79.6 cm³/mol. The molecule has 0 aromatic heterocycles. The van der Waals surface area contributed by atoms with E-state index in [4.69, 9.17) is 4.74 Å². The highest BCUT2D eigenvalue weighted by atomic mass is 16.5. The number of hydrogen-bond acceptors (Lipinski definition) is 3. The molecule has 0 fully saturated rings. The van der Waals surface area contributed by atoms with Crippen molar-refractivity contribution in [1.29, 1.82) is 0 Å². The highest BCUT2D eigenvalue weighted by molar-refractivity contribution is 5.27. The molecule has 108 valence electrons. The fourth-order valence-electron chi connectivity index (χ4n) is 2.15. The Kier molecular flexibility index (Phi) is 6.89. The van der Waals surface area contributed by atoms with Gasteiger partial charge in [-0.1, -0.05) is 26.0 Å². The Bertz CT molecular complexity index is 348. The average Bonchev–Trinajstić information content (AvgIpc) is 2.36. The molecule has 0 aliphatic rings. The van der Waals surface area contributed by atoms with Crippen molar-refractivity contribution in [1.82, 2.24) is 5.32 Å². The van der Waals surface area contributed by atoms with E-state index in [2.05, 4.69) is 38.2 Å². The first-order chi connectivity index (χ1) is 9.01. The van der Waals surface area contributed by atoms with Crippen LogP contribution >= 0.6 is 0 Å². The maximum atomic E-state index is 9.82. The van der Waals surface area contributed by atoms with Crippen molar-refractivity contribution in [3.8, 4) is 5.75 Å². The van der Waals surface area contributed by atoms with E-state index in [0.29, 0.717) is 18.5 Å². The van der Waals surface area contributed by atoms with Crippen molar-refractivity contribution >= 4 is 0 Å². The summed E-state index contributed by atoms with van der Waals surface area (Å²) in [5.74, 6) is 1.42. The molecular weight excluding hydrogens is 238 g/mol. The van der Waals surface area contributed by atoms with Crippen molar-refractivity contribution < 1.29 is 9.84 Å². The summed E-state index contributed by atoms with van der Waals surface area (Å²) in [5, 5.41) is 13.2. The lowest BCUT2D eigenvalue weighted by atomic mass is 10.0. The van der Waals surface area contributed by atoms with Gasteiger partial charge in [0.1, 0.15) is 5.75 Å². The van der Waals surface area contributed by atoms with E-state index >= 15 is 0 Å². The maximum Gasteiger partial charge on any atom is 0.118 e. The zero-order valence-corrected chi connectivity index (χ0v) is 12.5. The monoisotopic (exact) mass is 265 g/mol. The first-order valence-electron chi connectivity index (χ1n) is 7.05. The van der Waals surface area contributed by atoms with Gasteiger partial charge in [0.2, 0.25) is 0 Å². The van der Waals surface area contributed by atoms with Crippen molar-refractivity contribution in [2.24, 2.45) is 5.92 Å². The zero-order valence-electron chi connectivity index (χ0n) is 12.5. The first kappa shape index (κ1) is 16.0. The molecule has 2 unspecified atom stereocenters. The van der Waals surface area contributed by atoms with E-state index in [1.165, 1.54) is 5.56 Å². The van der Waals surface area contributed by atoms with Crippen molar-refractivity contribution in [3.63, 3.8) is 0 Å². The summed E-state index contributed by atoms with van der Waals surface area (Å²) >= 11 is 0. The third-order valence-corrected chi connectivity index (χ3v) is 3.15. The molecule has 3 nitrogen and oxygen atoms in total. The molecule has 0 heterocycles. The van der Waals surface area contributed by atoms with E-state index in [1.807, 2.05) is 12.1 Å². The maximum absolute atomic E-state index is 9.82. The summed E-state index contributed by atoms with van der Waals surface area (Å²) in [6, 6.07) is 8.49. The third kappa shape index (κ3) is 6.60. The molecule has 19 heavy (non-hydrogen) atoms. The van der Waals surface area contributed by atoms with Gasteiger partial charge >= 0.3 is 0 Å². The number of aliphatic hydroxyl groups excluding tert-OH is 1. The largest absolute Gasteiger partial charge is 0.497 e. The lowest BCUT2D eigenvalue weighted by molar-refractivity contribution is 0.143. The molecule has 3 heteroatoms. The van der Waals surface area contributed by atoms with Gasteiger partial charge in [0.25, 0.3) is 0 Å². The first-order valence-corrected chi connectivity index (χ1v) is 7.05. The summed E-state index contributed by atoms with van der Waals surface area (Å²) < 4.78 is 5.14. The molecule has 0 spiro atoms. The second-order valence-electron chi connectivity index (χ2n) is 5.64. The molecule has 0 radical (unpaired) electrons. The minimum atomic E-state index is -0.252. The highest BCUT2D eigenvalue weighted by Gasteiger charge is 2.09. The van der Waals surface area contributed by atoms with Gasteiger partial charge in [-0.3, -0.25) is 0 Å². The summed E-state index contributed by atoms with van der Waals surface area (Å²) in [5.41, 5.74) is 1.28. The van der Waals surface area contributed by atoms with Gasteiger partial charge in [0.15, 0.2) is 0 Å². The van der Waals surface area contributed by atoms with Crippen LogP contribution in [0.3, 0.4) is 0 Å². The molecular formula is C16H27NO2. The van der Waals surface area contributed by atoms with Gasteiger partial charge in [0.05, 0.1) is 13.2 Å². The van der Waals surface area contributed by atoms with Gasteiger partial charge < -0.3 is 15.2 Å². The van der Waals surface area contributed by atoms with Crippen LogP contribution in [-0.4, -0.2) is 30.9 Å². The molecule has 0 amide bonds. The summed E-state index contributed by atoms with van der Waals surface area (Å²) in [6.07, 6.45) is 1.55. The molecule has 1 aromatic carbocycles. The van der Waals surface area contributed by atoms with Crippen LogP contribution in [0.2, 0.25) is 0 Å². The van der Waals surface area contributed by atoms with Gasteiger partial charge in [0, 0.05) is 12.6 Å². The van der Waals surface area contributed by atoms with Gasteiger partial charge in [-0.2, -0.15) is 0 Å². The molecule has 1 rings (SSSR count). The molecule has 0 aliphatic carbocycles. The Balaban J connectivity index is 2.31. The van der Waals surface area contributed by atoms with Crippen LogP contribution in [0, 0.1) is 5.92 Å². The topological polar surface area (TPSA) is 41.5 Å². The van der Waals surface area contributed by atoms with Crippen LogP contribution in [0.15, 0.2) is 24.3 Å². The molecule has 0 bridgehead atoms. The Labute approximate surface area is 117 Å². The molecule has 2 N–H and O–H groups in total. The second kappa shape index (κ2) is 8.18. The molecule has 2 atom stereocenters. The van der Waals surface area contributed by atoms with Crippen molar-refractivity contribution in [2.75, 3.05) is 13.7 Å². The Morgan fingerprint density at radius 3 is 2.32 bits per heavy atom. The van der Waals surface area contributed by atoms with Crippen molar-refractivity contribution in [3.05, 3.63) is 29.8 Å². The molecule has 0 saturated heterocycles. The normalized spacial score (nSPS) is 14.4. The third-order valence-electron chi connectivity index (χ3n) is 3.15. The molecule has 0 aliphatic heterocycles. The summed E-state index contributed by atoms with van der Waals surface area (Å²) in [4.78, 5) is 0. The number of nitrogens with one attached hydrogen (secondary N) is 1. The van der Waals surface area contributed by atoms with Crippen LogP contribution in [-0.2, 0) is 6.42 Å². The highest BCUT2D eigenvalue weighted by Crippen LogP contribution is 2.12. The van der Waals surface area contributed by atoms with E-state index in [9.17, 15) is 5.11 Å². The van der Waals surface area contributed by atoms with Crippen LogP contribution in [0.5, 0.6) is 5.75 Å². The van der Waals surface area contributed by atoms with Gasteiger partial charge in [-0.25, -0.2) is 0 Å². The number of ether oxygens (including phenoxy) is 1. The second-order valence-corrected chi connectivity index (χ2v) is 5.64. The number of benzene rings is 1. The minimum Gasteiger partial charge on any atom is -0.497 e. The Morgan fingerprint density at radius 2 is 1.79 bits per heavy atom. The van der Waals surface area contributed by atoms with Gasteiger partial charge in [-0.15, -0.1) is 0 Å². The lowest BCUT2D eigenvalue weighted by Crippen LogP contribution is -2.35. The Morgan fingerprint density at radius 1 is 1.16 bits per heavy atom. The van der Waals surface area contributed by atoms with Crippen LogP contribution in [0.4, 0.5) is 0 Å². The van der Waals surface area contributed by atoms with Crippen LogP contribution in [0.25, 0.3) is 0 Å². The predicted octanol–water partition coefficient (Wildman–Crippen LogP) is 2.62. The van der Waals surface area contributed by atoms with E-state index in [-0.39, 0.29) is 6.10 Å². The van der Waals surface area contributed by atoms with E-state index in [1.54, 1.807) is 7.11 Å². The minimum absolute atomic E-state index is 0.252. The fraction of sp³-hybridized carbons (Fsp3) is 0.625. The molecule has 0 saturated carbocycles. The number of rotatable bonds is 8. The molecule has 1 aromatic rings. The van der Waals surface area contributed by atoms with Crippen LogP contribution < -0.4 is 10.1 Å². The number of aliphatic hydroxyl groups is 1. The summed E-state index contributed by atoms with van der Waals surface area (Å²) in [6.45, 7) is 7.07. The van der Waals surface area contributed by atoms with Crippen LogP contribution in [0.1, 0.15) is 32.8 Å². The Hall–Kier alpha value is -1.06. The SMILES string of the molecule is COc1ccc(CC(C)NCC(O)CC(C)C)cc1. The average molecular weight is 265 g/mol. The smallest absolute Gasteiger partial charge is 0.118 e. The summed E-state index contributed by atoms with van der Waals surface area (Å²) in [7, 11) is 1.68. The van der Waals surface area contributed by atoms with E-state index in [0.717, 1.165) is 18.6 Å². The standard InChI is InChI=1S/C16H27NO2/c1-12(2)9-15(18)11-17-13(3)10-14-5-7-16(19-4)8-6-14/h5-8,12-13,15,17-18H,9-11H2,1-4H3.